The highest BCUT2D eigenvalue weighted by molar-refractivity contribution is 14.1. The Morgan fingerprint density at radius 2 is 2.50 bits per heavy atom. The average molecular weight is 346 g/mol. The lowest BCUT2D eigenvalue weighted by Crippen LogP contribution is -2.39. The molecule has 1 aliphatic heterocycles. The van der Waals surface area contributed by atoms with E-state index < -0.39 is 0 Å². The van der Waals surface area contributed by atoms with Crippen molar-refractivity contribution in [2.24, 2.45) is 5.92 Å². The van der Waals surface area contributed by atoms with E-state index in [0.29, 0.717) is 6.54 Å². The molecule has 0 N–H and O–H groups in total. The van der Waals surface area contributed by atoms with Gasteiger partial charge in [0.1, 0.15) is 0 Å². The molecule has 0 saturated carbocycles. The number of nitrogens with zero attached hydrogens (tertiary/aromatic N) is 2. The molecule has 0 radical (unpaired) electrons. The van der Waals surface area contributed by atoms with Gasteiger partial charge in [-0.15, -0.1) is 11.3 Å². The molecule has 0 spiro atoms. The van der Waals surface area contributed by atoms with Gasteiger partial charge in [0.2, 0.25) is 0 Å². The van der Waals surface area contributed by atoms with Gasteiger partial charge in [-0.3, -0.25) is 4.79 Å². The fraction of sp³-hybridized carbons (Fsp3) is 0.455. The second-order valence-electron chi connectivity index (χ2n) is 3.86. The van der Waals surface area contributed by atoms with Crippen molar-refractivity contribution in [3.63, 3.8) is 0 Å². The largest absolute Gasteiger partial charge is 0.337 e. The molecule has 2 heterocycles. The van der Waals surface area contributed by atoms with E-state index in [0.717, 1.165) is 27.8 Å². The lowest BCUT2D eigenvalue weighted by molar-refractivity contribution is 0.0699. The molecule has 16 heavy (non-hydrogen) atoms. The van der Waals surface area contributed by atoms with Crippen LogP contribution in [0, 0.1) is 20.1 Å². The third kappa shape index (κ3) is 2.55. The minimum Gasteiger partial charge on any atom is -0.337 e. The molecule has 3 nitrogen and oxygen atoms in total. The van der Waals surface area contributed by atoms with Gasteiger partial charge in [0.25, 0.3) is 5.91 Å². The summed E-state index contributed by atoms with van der Waals surface area (Å²) in [5, 5.41) is 10.8. The summed E-state index contributed by atoms with van der Waals surface area (Å²) in [6, 6.07) is 4.16. The molecular formula is C11H11IN2OS. The number of thiophene rings is 1. The average Bonchev–Trinajstić information content (AvgIpc) is 2.75. The maximum Gasteiger partial charge on any atom is 0.254 e. The van der Waals surface area contributed by atoms with Crippen LogP contribution in [0.3, 0.4) is 0 Å². The molecule has 84 valence electrons. The molecule has 1 aliphatic rings. The molecule has 1 saturated heterocycles. The smallest absolute Gasteiger partial charge is 0.254 e. The van der Waals surface area contributed by atoms with Crippen LogP contribution in [0.1, 0.15) is 23.2 Å². The third-order valence-corrected chi connectivity index (χ3v) is 4.49. The number of hydrogen-bond donors (Lipinski definition) is 0. The van der Waals surface area contributed by atoms with Crippen LogP contribution in [0.25, 0.3) is 0 Å². The predicted molar refractivity (Wildman–Crippen MR) is 71.3 cm³/mol. The number of nitriles is 1. The lowest BCUT2D eigenvalue weighted by atomic mass is 9.99. The van der Waals surface area contributed by atoms with E-state index in [1.54, 1.807) is 16.2 Å². The summed E-state index contributed by atoms with van der Waals surface area (Å²) in [5.41, 5.74) is 0.757. The highest BCUT2D eigenvalue weighted by atomic mass is 127. The Morgan fingerprint density at radius 3 is 3.12 bits per heavy atom. The first-order valence-corrected chi connectivity index (χ1v) is 7.09. The van der Waals surface area contributed by atoms with Gasteiger partial charge in [-0.1, -0.05) is 0 Å². The van der Waals surface area contributed by atoms with Crippen LogP contribution in [0.5, 0.6) is 0 Å². The Morgan fingerprint density at radius 1 is 1.69 bits per heavy atom. The lowest BCUT2D eigenvalue weighted by Gasteiger charge is -2.29. The maximum atomic E-state index is 12.1. The van der Waals surface area contributed by atoms with E-state index in [-0.39, 0.29) is 11.8 Å². The van der Waals surface area contributed by atoms with Crippen LogP contribution >= 0.6 is 33.9 Å². The van der Waals surface area contributed by atoms with Crippen LogP contribution in [-0.4, -0.2) is 23.9 Å². The number of hydrogen-bond acceptors (Lipinski definition) is 3. The van der Waals surface area contributed by atoms with Gasteiger partial charge in [-0.05, 0) is 41.5 Å². The first kappa shape index (κ1) is 11.9. The van der Waals surface area contributed by atoms with E-state index in [1.165, 1.54) is 0 Å². The molecule has 1 fully saturated rings. The van der Waals surface area contributed by atoms with Gasteiger partial charge in [0.15, 0.2) is 0 Å². The first-order chi connectivity index (χ1) is 7.70. The van der Waals surface area contributed by atoms with E-state index >= 15 is 0 Å². The molecule has 1 amide bonds. The van der Waals surface area contributed by atoms with E-state index in [1.807, 2.05) is 11.4 Å². The maximum absolute atomic E-state index is 12.1. The van der Waals surface area contributed by atoms with Crippen LogP contribution in [0.4, 0.5) is 0 Å². The van der Waals surface area contributed by atoms with Crippen LogP contribution in [0.15, 0.2) is 11.4 Å². The number of halogens is 1. The zero-order valence-electron chi connectivity index (χ0n) is 8.65. The number of carbonyl (C=O) groups excluding carboxylic acids is 1. The summed E-state index contributed by atoms with van der Waals surface area (Å²) in [6.07, 6.45) is 1.85. The standard InChI is InChI=1S/C11H11IN2OS/c12-10-4-9(7-16-10)11(15)14-3-1-2-8(5-13)6-14/h4,7-8H,1-3,6H2. The summed E-state index contributed by atoms with van der Waals surface area (Å²) in [6.45, 7) is 1.37. The predicted octanol–water partition coefficient (Wildman–Crippen LogP) is 2.73. The van der Waals surface area contributed by atoms with Crippen molar-refractivity contribution < 1.29 is 4.79 Å². The summed E-state index contributed by atoms with van der Waals surface area (Å²) in [4.78, 5) is 13.9. The number of likely N-dealkylation sites (tertiary alicyclic amines) is 1. The topological polar surface area (TPSA) is 44.1 Å². The van der Waals surface area contributed by atoms with Gasteiger partial charge in [0.05, 0.1) is 20.4 Å². The van der Waals surface area contributed by atoms with Gasteiger partial charge in [0, 0.05) is 18.5 Å². The number of piperidine rings is 1. The second-order valence-corrected chi connectivity index (χ2v) is 6.66. The van der Waals surface area contributed by atoms with Crippen molar-refractivity contribution in [2.75, 3.05) is 13.1 Å². The second kappa shape index (κ2) is 5.15. The molecule has 5 heteroatoms. The fourth-order valence-electron chi connectivity index (χ4n) is 1.87. The van der Waals surface area contributed by atoms with Gasteiger partial charge < -0.3 is 4.90 Å². The Balaban J connectivity index is 2.08. The minimum atomic E-state index is 0.00964. The highest BCUT2D eigenvalue weighted by Crippen LogP contribution is 2.21. The van der Waals surface area contributed by atoms with Gasteiger partial charge in [-0.25, -0.2) is 0 Å². The monoisotopic (exact) mass is 346 g/mol. The van der Waals surface area contributed by atoms with Crippen molar-refractivity contribution in [1.29, 1.82) is 5.26 Å². The van der Waals surface area contributed by atoms with Crippen LogP contribution < -0.4 is 0 Å². The van der Waals surface area contributed by atoms with Crippen molar-refractivity contribution >= 4 is 39.8 Å². The van der Waals surface area contributed by atoms with Gasteiger partial charge >= 0.3 is 0 Å². The Bertz CT molecular complexity index is 437. The zero-order valence-corrected chi connectivity index (χ0v) is 11.6. The number of carbonyl (C=O) groups is 1. The molecular weight excluding hydrogens is 335 g/mol. The Hall–Kier alpha value is -0.610. The Kier molecular flexibility index (Phi) is 3.82. The zero-order chi connectivity index (χ0) is 11.5. The minimum absolute atomic E-state index is 0.00964. The van der Waals surface area contributed by atoms with Crippen molar-refractivity contribution in [1.82, 2.24) is 4.90 Å². The SMILES string of the molecule is N#CC1CCCN(C(=O)c2csc(I)c2)C1. The van der Waals surface area contributed by atoms with E-state index in [4.69, 9.17) is 5.26 Å². The molecule has 2 rings (SSSR count). The first-order valence-electron chi connectivity index (χ1n) is 5.13. The van der Waals surface area contributed by atoms with Crippen molar-refractivity contribution in [3.05, 3.63) is 19.9 Å². The number of amides is 1. The highest BCUT2D eigenvalue weighted by Gasteiger charge is 2.24. The summed E-state index contributed by atoms with van der Waals surface area (Å²) >= 11 is 3.79. The molecule has 0 aliphatic carbocycles. The van der Waals surface area contributed by atoms with Crippen molar-refractivity contribution in [3.8, 4) is 6.07 Å². The number of rotatable bonds is 1. The van der Waals surface area contributed by atoms with Crippen LogP contribution in [0.2, 0.25) is 0 Å². The normalized spacial score (nSPS) is 20.5. The molecule has 0 aromatic carbocycles. The van der Waals surface area contributed by atoms with E-state index in [9.17, 15) is 4.79 Å². The Labute approximate surface area is 112 Å². The molecule has 0 bridgehead atoms. The molecule has 1 unspecified atom stereocenters. The summed E-state index contributed by atoms with van der Waals surface area (Å²) in [5.74, 6) is 0.0783. The molecule has 1 aromatic rings. The third-order valence-electron chi connectivity index (χ3n) is 2.71. The summed E-state index contributed by atoms with van der Waals surface area (Å²) < 4.78 is 1.12. The van der Waals surface area contributed by atoms with Gasteiger partial charge in [-0.2, -0.15) is 5.26 Å². The summed E-state index contributed by atoms with van der Waals surface area (Å²) in [7, 11) is 0. The van der Waals surface area contributed by atoms with E-state index in [2.05, 4.69) is 28.7 Å². The molecule has 1 aromatic heterocycles. The quantitative estimate of drug-likeness (QED) is 0.734. The fourth-order valence-corrected chi connectivity index (χ4v) is 3.19. The van der Waals surface area contributed by atoms with Crippen LogP contribution in [-0.2, 0) is 0 Å². The van der Waals surface area contributed by atoms with Crippen molar-refractivity contribution in [2.45, 2.75) is 12.8 Å². The molecule has 1 atom stereocenters.